The fraction of sp³-hybridized carbons (Fsp3) is 0.200. The van der Waals surface area contributed by atoms with Gasteiger partial charge in [0, 0.05) is 17.6 Å². The molecule has 1 heterocycles. The summed E-state index contributed by atoms with van der Waals surface area (Å²) in [6.07, 6.45) is 1.06. The van der Waals surface area contributed by atoms with Crippen molar-refractivity contribution in [2.24, 2.45) is 0 Å². The molecule has 0 radical (unpaired) electrons. The van der Waals surface area contributed by atoms with E-state index < -0.39 is 21.8 Å². The second-order valence-corrected chi connectivity index (χ2v) is 4.75. The Morgan fingerprint density at radius 3 is 2.33 bits per heavy atom. The molecule has 0 saturated carbocycles. The first kappa shape index (κ1) is 14.6. The van der Waals surface area contributed by atoms with Gasteiger partial charge in [0.15, 0.2) is 11.5 Å². The van der Waals surface area contributed by atoms with E-state index in [0.29, 0.717) is 3.97 Å². The van der Waals surface area contributed by atoms with Crippen LogP contribution < -0.4 is 0 Å². The van der Waals surface area contributed by atoms with Crippen LogP contribution in [0.4, 0.5) is 0 Å². The first-order valence-corrected chi connectivity index (χ1v) is 6.79. The van der Waals surface area contributed by atoms with Crippen LogP contribution in [0.25, 0.3) is 10.9 Å². The van der Waals surface area contributed by atoms with Gasteiger partial charge in [-0.1, -0.05) is 25.4 Å². The van der Waals surface area contributed by atoms with Gasteiger partial charge < -0.3 is 10.2 Å². The van der Waals surface area contributed by atoms with Crippen molar-refractivity contribution in [3.8, 4) is 11.5 Å². The van der Waals surface area contributed by atoms with Crippen LogP contribution in [0.3, 0.4) is 0 Å². The van der Waals surface area contributed by atoms with E-state index in [1.54, 1.807) is 0 Å². The van der Waals surface area contributed by atoms with Gasteiger partial charge in [-0.25, -0.2) is 3.97 Å². The van der Waals surface area contributed by atoms with Crippen molar-refractivity contribution >= 4 is 32.8 Å². The zero-order valence-electron chi connectivity index (χ0n) is 9.62. The number of phenols is 2. The van der Waals surface area contributed by atoms with E-state index >= 15 is 0 Å². The molecule has 0 saturated heterocycles. The Bertz CT molecular complexity index is 677. The minimum atomic E-state index is -4.47. The number of halogens is 1. The summed E-state index contributed by atoms with van der Waals surface area (Å²) in [5.41, 5.74) is -0.0252. The van der Waals surface area contributed by atoms with E-state index in [0.717, 1.165) is 12.3 Å². The fourth-order valence-electron chi connectivity index (χ4n) is 1.39. The molecule has 2 rings (SSSR count). The van der Waals surface area contributed by atoms with Crippen LogP contribution in [0.1, 0.15) is 13.8 Å². The number of phenolic OH excluding ortho intramolecular Hbond substituents is 2. The van der Waals surface area contributed by atoms with Gasteiger partial charge in [-0.3, -0.25) is 4.55 Å². The average molecular weight is 294 g/mol. The Kier molecular flexibility index (Phi) is 4.10. The molecular weight excluding hydrogens is 282 g/mol. The molecule has 8 heteroatoms. The van der Waals surface area contributed by atoms with Crippen LogP contribution in [0.2, 0.25) is 5.02 Å². The van der Waals surface area contributed by atoms with Crippen LogP contribution in [0.15, 0.2) is 18.3 Å². The monoisotopic (exact) mass is 293 g/mol. The third-order valence-corrected chi connectivity index (χ3v) is 3.30. The van der Waals surface area contributed by atoms with Crippen molar-refractivity contribution in [3.05, 3.63) is 23.4 Å². The van der Waals surface area contributed by atoms with E-state index in [4.69, 9.17) is 16.2 Å². The third-order valence-electron chi connectivity index (χ3n) is 2.10. The molecule has 100 valence electrons. The molecule has 0 fully saturated rings. The molecule has 0 unspecified atom stereocenters. The number of benzene rings is 1. The van der Waals surface area contributed by atoms with Crippen molar-refractivity contribution in [1.29, 1.82) is 0 Å². The van der Waals surface area contributed by atoms with Crippen molar-refractivity contribution in [2.45, 2.75) is 13.8 Å². The highest BCUT2D eigenvalue weighted by atomic mass is 35.5. The summed E-state index contributed by atoms with van der Waals surface area (Å²) < 4.78 is 31.3. The molecule has 0 aliphatic rings. The van der Waals surface area contributed by atoms with Gasteiger partial charge in [0.2, 0.25) is 0 Å². The lowest BCUT2D eigenvalue weighted by molar-refractivity contribution is 0.405. The van der Waals surface area contributed by atoms with E-state index in [2.05, 4.69) is 0 Å². The summed E-state index contributed by atoms with van der Waals surface area (Å²) in [7, 11) is -4.47. The van der Waals surface area contributed by atoms with Gasteiger partial charge >= 0.3 is 10.3 Å². The van der Waals surface area contributed by atoms with E-state index in [9.17, 15) is 18.6 Å². The van der Waals surface area contributed by atoms with Gasteiger partial charge in [0.05, 0.1) is 10.5 Å². The van der Waals surface area contributed by atoms with Gasteiger partial charge in [-0.2, -0.15) is 8.42 Å². The topological polar surface area (TPSA) is 99.8 Å². The molecule has 18 heavy (non-hydrogen) atoms. The molecule has 3 N–H and O–H groups in total. The number of nitrogens with zero attached hydrogens (tertiary/aromatic N) is 1. The van der Waals surface area contributed by atoms with Crippen molar-refractivity contribution in [1.82, 2.24) is 3.97 Å². The summed E-state index contributed by atoms with van der Waals surface area (Å²) in [6, 6.07) is 2.29. The second kappa shape index (κ2) is 5.05. The molecule has 0 spiro atoms. The van der Waals surface area contributed by atoms with Crippen LogP contribution >= 0.6 is 11.6 Å². The Morgan fingerprint density at radius 1 is 1.28 bits per heavy atom. The van der Waals surface area contributed by atoms with Crippen LogP contribution in [-0.2, 0) is 10.3 Å². The van der Waals surface area contributed by atoms with E-state index in [1.165, 1.54) is 6.07 Å². The normalized spacial score (nSPS) is 11.1. The molecule has 1 aromatic carbocycles. The predicted octanol–water partition coefficient (Wildman–Crippen LogP) is 2.38. The quantitative estimate of drug-likeness (QED) is 0.554. The lowest BCUT2D eigenvalue weighted by Gasteiger charge is -2.04. The Balaban J connectivity index is 0.000000771. The summed E-state index contributed by atoms with van der Waals surface area (Å²) >= 11 is 5.69. The highest BCUT2D eigenvalue weighted by molar-refractivity contribution is 7.84. The SMILES string of the molecule is CC.O=S(=O)(O)n1ccc2c(Cl)c(O)c(O)cc21. The molecular formula is C10H12ClNO5S. The number of hydrogen-bond acceptors (Lipinski definition) is 4. The first-order chi connectivity index (χ1) is 8.32. The largest absolute Gasteiger partial charge is 0.504 e. The number of aromatic nitrogens is 1. The van der Waals surface area contributed by atoms with Crippen LogP contribution in [0.5, 0.6) is 11.5 Å². The maximum atomic E-state index is 10.9. The standard InChI is InChI=1S/C8H6ClNO5S.C2H6/c9-7-4-1-2-10(16(13,14)15)5(4)3-6(11)8(7)12;1-2/h1-3,11-12H,(H,13,14,15);1-2H3. The zero-order chi connectivity index (χ0) is 14.1. The molecule has 2 aromatic rings. The maximum absolute atomic E-state index is 10.9. The lowest BCUT2D eigenvalue weighted by atomic mass is 10.2. The molecule has 0 aliphatic carbocycles. The van der Waals surface area contributed by atoms with Gasteiger partial charge in [0.25, 0.3) is 0 Å². The minimum Gasteiger partial charge on any atom is -0.504 e. The predicted molar refractivity (Wildman–Crippen MR) is 68.6 cm³/mol. The fourth-order valence-corrected chi connectivity index (χ4v) is 2.26. The number of fused-ring (bicyclic) bond motifs is 1. The van der Waals surface area contributed by atoms with Gasteiger partial charge in [-0.05, 0) is 6.07 Å². The summed E-state index contributed by atoms with van der Waals surface area (Å²) in [6.45, 7) is 4.00. The highest BCUT2D eigenvalue weighted by Gasteiger charge is 2.17. The molecule has 1 aromatic heterocycles. The van der Waals surface area contributed by atoms with E-state index in [1.807, 2.05) is 13.8 Å². The molecule has 0 amide bonds. The smallest absolute Gasteiger partial charge is 0.363 e. The lowest BCUT2D eigenvalue weighted by Crippen LogP contribution is -2.08. The first-order valence-electron chi connectivity index (χ1n) is 5.02. The van der Waals surface area contributed by atoms with E-state index in [-0.39, 0.29) is 15.9 Å². The number of rotatable bonds is 1. The third kappa shape index (κ3) is 2.38. The van der Waals surface area contributed by atoms with Gasteiger partial charge in [0.1, 0.15) is 0 Å². The summed E-state index contributed by atoms with van der Waals surface area (Å²) in [5, 5.41) is 18.6. The number of hydrogen-bond donors (Lipinski definition) is 3. The molecule has 0 aliphatic heterocycles. The maximum Gasteiger partial charge on any atom is 0.363 e. The Morgan fingerprint density at radius 2 is 1.83 bits per heavy atom. The highest BCUT2D eigenvalue weighted by Crippen LogP contribution is 2.39. The minimum absolute atomic E-state index is 0.0252. The second-order valence-electron chi connectivity index (χ2n) is 3.08. The molecule has 0 atom stereocenters. The van der Waals surface area contributed by atoms with Crippen molar-refractivity contribution in [2.75, 3.05) is 0 Å². The molecule has 6 nitrogen and oxygen atoms in total. The number of aromatic hydroxyl groups is 2. The molecule has 0 bridgehead atoms. The Hall–Kier alpha value is -1.44. The van der Waals surface area contributed by atoms with Crippen molar-refractivity contribution < 1.29 is 23.2 Å². The van der Waals surface area contributed by atoms with Crippen molar-refractivity contribution in [3.63, 3.8) is 0 Å². The zero-order valence-corrected chi connectivity index (χ0v) is 11.2. The summed E-state index contributed by atoms with van der Waals surface area (Å²) in [4.78, 5) is 0. The van der Waals surface area contributed by atoms with Crippen LogP contribution in [0, 0.1) is 0 Å². The Labute approximate surface area is 109 Å². The van der Waals surface area contributed by atoms with Crippen LogP contribution in [-0.4, -0.2) is 27.2 Å². The average Bonchev–Trinajstić information content (AvgIpc) is 2.72. The van der Waals surface area contributed by atoms with Gasteiger partial charge in [-0.15, -0.1) is 0 Å². The summed E-state index contributed by atoms with van der Waals surface area (Å²) in [5.74, 6) is -1.11.